The zero-order valence-electron chi connectivity index (χ0n) is 29.8. The molecule has 1 N–H and O–H groups in total. The number of aromatic hydroxyl groups is 1. The van der Waals surface area contributed by atoms with Crippen molar-refractivity contribution in [3.63, 3.8) is 0 Å². The van der Waals surface area contributed by atoms with Gasteiger partial charge in [-0.25, -0.2) is 9.59 Å². The van der Waals surface area contributed by atoms with E-state index in [0.29, 0.717) is 0 Å². The molecule has 1 fully saturated rings. The van der Waals surface area contributed by atoms with Crippen molar-refractivity contribution in [3.05, 3.63) is 133 Å². The molecular formula is C37H42N6O7SSi. The number of benzene rings is 3. The summed E-state index contributed by atoms with van der Waals surface area (Å²) in [4.78, 5) is 46.8. The Morgan fingerprint density at radius 1 is 0.962 bits per heavy atom. The number of thioether (sulfide) groups is 1. The third-order valence-corrected chi connectivity index (χ3v) is 15.1. The first-order valence-corrected chi connectivity index (χ1v) is 19.8. The number of hydrogen-bond donors (Lipinski definition) is 1. The topological polar surface area (TPSA) is 170 Å². The molecule has 0 saturated carbocycles. The van der Waals surface area contributed by atoms with E-state index in [0.717, 1.165) is 25.7 Å². The summed E-state index contributed by atoms with van der Waals surface area (Å²) in [6.45, 7) is 6.41. The molecule has 0 amide bonds. The van der Waals surface area contributed by atoms with E-state index in [1.165, 1.54) is 25.9 Å². The van der Waals surface area contributed by atoms with Gasteiger partial charge in [0.25, 0.3) is 13.9 Å². The largest absolute Gasteiger partial charge is 0.494 e. The molecule has 0 radical (unpaired) electrons. The molecule has 0 unspecified atom stereocenters. The molecule has 1 aliphatic heterocycles. The van der Waals surface area contributed by atoms with Crippen molar-refractivity contribution in [3.8, 4) is 5.88 Å². The second kappa shape index (κ2) is 16.2. The molecule has 3 aromatic carbocycles. The highest BCUT2D eigenvalue weighted by Gasteiger charge is 2.53. The fourth-order valence-electron chi connectivity index (χ4n) is 6.60. The summed E-state index contributed by atoms with van der Waals surface area (Å²) in [6.07, 6.45) is 0.829. The van der Waals surface area contributed by atoms with Gasteiger partial charge in [-0.1, -0.05) is 105 Å². The molecule has 13 nitrogen and oxygen atoms in total. The molecule has 1 aliphatic rings. The number of aliphatic imine (C=N–C) groups is 1. The van der Waals surface area contributed by atoms with Gasteiger partial charge in [0, 0.05) is 25.2 Å². The van der Waals surface area contributed by atoms with Crippen molar-refractivity contribution in [1.82, 2.24) is 9.13 Å². The number of carbonyl (C=O) groups is 1. The standard InChI is InChI=1S/C37H42N6O7SSi/c1-37(2,3)52(25-18-12-8-13-19-25,26-20-14-9-15-21-26)48-23-28-29(40-41-38)31(50-34(46)24-16-10-7-11-17-24)30(35(49-28)51-6)39-22-27-32(44)42(4)36(47)43(5)33(27)45/h7-22,28-31,35,44H,23H2,1-6H3/t28-,29+,30-,31+,35+/m1/s1. The van der Waals surface area contributed by atoms with Crippen LogP contribution in [-0.4, -0.2) is 77.3 Å². The number of ether oxygens (including phenoxy) is 2. The molecule has 1 aromatic heterocycles. The van der Waals surface area contributed by atoms with E-state index in [-0.39, 0.29) is 22.8 Å². The minimum Gasteiger partial charge on any atom is -0.494 e. The van der Waals surface area contributed by atoms with Crippen LogP contribution in [0.2, 0.25) is 5.04 Å². The maximum Gasteiger partial charge on any atom is 0.338 e. The Labute approximate surface area is 306 Å². The average Bonchev–Trinajstić information content (AvgIpc) is 3.15. The van der Waals surface area contributed by atoms with Gasteiger partial charge in [0.15, 0.2) is 0 Å². The number of carbonyl (C=O) groups excluding carboxylic acids is 1. The van der Waals surface area contributed by atoms with Gasteiger partial charge in [0.2, 0.25) is 5.88 Å². The van der Waals surface area contributed by atoms with Crippen LogP contribution in [0.4, 0.5) is 0 Å². The molecule has 5 rings (SSSR count). The molecule has 2 heterocycles. The third-order valence-electron chi connectivity index (χ3n) is 9.24. The third kappa shape index (κ3) is 7.50. The molecule has 272 valence electrons. The highest BCUT2D eigenvalue weighted by molar-refractivity contribution is 7.99. The molecule has 5 atom stereocenters. The Morgan fingerprint density at radius 2 is 1.52 bits per heavy atom. The van der Waals surface area contributed by atoms with Gasteiger partial charge in [-0.2, -0.15) is 0 Å². The molecule has 4 aromatic rings. The van der Waals surface area contributed by atoms with E-state index in [2.05, 4.69) is 60.1 Å². The van der Waals surface area contributed by atoms with E-state index >= 15 is 0 Å². The first-order valence-electron chi connectivity index (χ1n) is 16.6. The summed E-state index contributed by atoms with van der Waals surface area (Å²) < 4.78 is 21.7. The van der Waals surface area contributed by atoms with E-state index in [9.17, 15) is 25.0 Å². The van der Waals surface area contributed by atoms with Gasteiger partial charge in [0.1, 0.15) is 29.2 Å². The van der Waals surface area contributed by atoms with Crippen molar-refractivity contribution in [2.24, 2.45) is 24.2 Å². The van der Waals surface area contributed by atoms with Gasteiger partial charge in [-0.15, -0.1) is 11.8 Å². The second-order valence-corrected chi connectivity index (χ2v) is 18.6. The maximum atomic E-state index is 13.6. The molecule has 0 aliphatic carbocycles. The van der Waals surface area contributed by atoms with Crippen molar-refractivity contribution in [1.29, 1.82) is 0 Å². The zero-order chi connectivity index (χ0) is 37.6. The Morgan fingerprint density at radius 3 is 2.04 bits per heavy atom. The van der Waals surface area contributed by atoms with Gasteiger partial charge in [-0.05, 0) is 39.3 Å². The van der Waals surface area contributed by atoms with Crippen LogP contribution in [-0.2, 0) is 28.0 Å². The molecule has 52 heavy (non-hydrogen) atoms. The van der Waals surface area contributed by atoms with E-state index in [1.54, 1.807) is 36.6 Å². The minimum absolute atomic E-state index is 0.0218. The predicted octanol–water partition coefficient (Wildman–Crippen LogP) is 4.15. The van der Waals surface area contributed by atoms with Crippen LogP contribution in [0.3, 0.4) is 0 Å². The lowest BCUT2D eigenvalue weighted by atomic mass is 9.96. The summed E-state index contributed by atoms with van der Waals surface area (Å²) in [6, 6.07) is 26.3. The first kappa shape index (κ1) is 38.3. The van der Waals surface area contributed by atoms with Crippen molar-refractivity contribution in [2.75, 3.05) is 12.9 Å². The number of azide groups is 1. The summed E-state index contributed by atoms with van der Waals surface area (Å²) in [5.41, 5.74) is 7.60. The number of aromatic nitrogens is 2. The van der Waals surface area contributed by atoms with Crippen LogP contribution in [0.25, 0.3) is 10.4 Å². The second-order valence-electron chi connectivity index (χ2n) is 13.4. The average molecular weight is 743 g/mol. The molecule has 1 saturated heterocycles. The van der Waals surface area contributed by atoms with Crippen LogP contribution in [0.1, 0.15) is 36.7 Å². The Bertz CT molecular complexity index is 2030. The predicted molar refractivity (Wildman–Crippen MR) is 204 cm³/mol. The van der Waals surface area contributed by atoms with Crippen LogP contribution in [0, 0.1) is 0 Å². The Kier molecular flexibility index (Phi) is 11.9. The van der Waals surface area contributed by atoms with Crippen molar-refractivity contribution in [2.45, 2.75) is 55.5 Å². The lowest BCUT2D eigenvalue weighted by Crippen LogP contribution is -2.68. The molecule has 0 bridgehead atoms. The van der Waals surface area contributed by atoms with E-state index in [4.69, 9.17) is 13.9 Å². The van der Waals surface area contributed by atoms with Crippen LogP contribution < -0.4 is 21.6 Å². The lowest BCUT2D eigenvalue weighted by Gasteiger charge is -2.46. The molecular weight excluding hydrogens is 701 g/mol. The Balaban J connectivity index is 1.61. The maximum absolute atomic E-state index is 13.6. The molecule has 15 heteroatoms. The fraction of sp³-hybridized carbons (Fsp3) is 0.351. The first-order chi connectivity index (χ1) is 24.8. The van der Waals surface area contributed by atoms with Gasteiger partial charge in [-0.3, -0.25) is 18.9 Å². The van der Waals surface area contributed by atoms with Gasteiger partial charge in [0.05, 0.1) is 18.3 Å². The summed E-state index contributed by atoms with van der Waals surface area (Å²) >= 11 is 1.28. The monoisotopic (exact) mass is 742 g/mol. The van der Waals surface area contributed by atoms with Crippen molar-refractivity contribution < 1.29 is 23.8 Å². The fourth-order valence-corrected chi connectivity index (χ4v) is 11.9. The normalized spacial score (nSPS) is 20.7. The smallest absolute Gasteiger partial charge is 0.338 e. The molecule has 0 spiro atoms. The SMILES string of the molecule is CS[C@@H]1O[C@H](CO[Si](c2ccccc2)(c2ccccc2)C(C)(C)C)[C@H](N=[N+]=[N-])[C@H](OC(=O)c2ccccc2)[C@H]1N=Cc1c(O)n(C)c(=O)n(C)c1=O. The zero-order valence-corrected chi connectivity index (χ0v) is 31.6. The highest BCUT2D eigenvalue weighted by atomic mass is 32.2. The van der Waals surface area contributed by atoms with Crippen LogP contribution >= 0.6 is 11.8 Å². The highest BCUT2D eigenvalue weighted by Crippen LogP contribution is 2.39. The number of nitrogens with zero attached hydrogens (tertiary/aromatic N) is 6. The summed E-state index contributed by atoms with van der Waals surface area (Å²) in [7, 11) is -0.474. The summed E-state index contributed by atoms with van der Waals surface area (Å²) in [5.74, 6) is -1.27. The number of hydrogen-bond acceptors (Lipinski definition) is 10. The van der Waals surface area contributed by atoms with E-state index < -0.39 is 61.1 Å². The minimum atomic E-state index is -3.08. The van der Waals surface area contributed by atoms with Crippen LogP contribution in [0.15, 0.2) is 111 Å². The van der Waals surface area contributed by atoms with Crippen LogP contribution in [0.5, 0.6) is 5.88 Å². The quantitative estimate of drug-likeness (QED) is 0.0597. The number of esters is 1. The van der Waals surface area contributed by atoms with Crippen molar-refractivity contribution >= 4 is 42.6 Å². The summed E-state index contributed by atoms with van der Waals surface area (Å²) in [5, 5.41) is 16.6. The van der Waals surface area contributed by atoms with E-state index in [1.807, 2.05) is 36.4 Å². The number of rotatable bonds is 11. The Hall–Kier alpha value is -4.92. The van der Waals surface area contributed by atoms with Gasteiger partial charge >= 0.3 is 11.7 Å². The lowest BCUT2D eigenvalue weighted by molar-refractivity contribution is -0.105. The van der Waals surface area contributed by atoms with Gasteiger partial charge < -0.3 is 19.0 Å².